The average molecular weight is 245 g/mol. The predicted molar refractivity (Wildman–Crippen MR) is 70.8 cm³/mol. The van der Waals surface area contributed by atoms with Crippen LogP contribution in [0, 0.1) is 11.8 Å². The Bertz CT molecular complexity index is 427. The first-order chi connectivity index (χ1) is 8.72. The van der Waals surface area contributed by atoms with Crippen molar-refractivity contribution < 1.29 is 9.90 Å². The summed E-state index contributed by atoms with van der Waals surface area (Å²) in [5.41, 5.74) is 1.09. The number of nitrogens with one attached hydrogen (secondary N) is 1. The smallest absolute Gasteiger partial charge is 0.224 e. The Morgan fingerprint density at radius 3 is 2.83 bits per heavy atom. The molecule has 3 nitrogen and oxygen atoms in total. The van der Waals surface area contributed by atoms with E-state index in [-0.39, 0.29) is 30.4 Å². The molecule has 3 atom stereocenters. The fraction of sp³-hybridized carbons (Fsp3) is 0.400. The summed E-state index contributed by atoms with van der Waals surface area (Å²) in [6, 6.07) is 9.89. The van der Waals surface area contributed by atoms with Crippen LogP contribution in [0.15, 0.2) is 42.5 Å². The van der Waals surface area contributed by atoms with Gasteiger partial charge in [-0.15, -0.1) is 0 Å². The zero-order valence-electron chi connectivity index (χ0n) is 10.5. The molecule has 1 amide bonds. The lowest BCUT2D eigenvalue weighted by Crippen LogP contribution is -2.35. The van der Waals surface area contributed by atoms with E-state index in [4.69, 9.17) is 0 Å². The Balaban J connectivity index is 1.96. The van der Waals surface area contributed by atoms with Crippen molar-refractivity contribution in [2.75, 3.05) is 6.61 Å². The molecule has 1 aromatic rings. The van der Waals surface area contributed by atoms with Crippen LogP contribution in [0.2, 0.25) is 0 Å². The highest BCUT2D eigenvalue weighted by molar-refractivity contribution is 5.80. The lowest BCUT2D eigenvalue weighted by Gasteiger charge is -2.20. The largest absolute Gasteiger partial charge is 0.396 e. The zero-order chi connectivity index (χ0) is 13.0. The van der Waals surface area contributed by atoms with Gasteiger partial charge < -0.3 is 10.4 Å². The summed E-state index contributed by atoms with van der Waals surface area (Å²) in [7, 11) is 0. The van der Waals surface area contributed by atoms with Gasteiger partial charge in [0, 0.05) is 11.8 Å². The number of hydrogen-bond acceptors (Lipinski definition) is 2. The first kappa shape index (κ1) is 12.8. The van der Waals surface area contributed by atoms with Crippen molar-refractivity contribution >= 4 is 5.91 Å². The van der Waals surface area contributed by atoms with Crippen LogP contribution in [0.3, 0.4) is 0 Å². The van der Waals surface area contributed by atoms with Gasteiger partial charge in [-0.1, -0.05) is 42.5 Å². The maximum Gasteiger partial charge on any atom is 0.224 e. The Hall–Kier alpha value is -1.61. The summed E-state index contributed by atoms with van der Waals surface area (Å²) < 4.78 is 0. The standard InChI is InChI=1S/C15H19NO2/c1-11(12-6-3-2-4-7-12)16-15(18)14-9-5-8-13(14)10-17/h2-8,11,13-14,17H,9-10H2,1H3,(H,16,18)/t11-,13+,14+/m1/s1. The van der Waals surface area contributed by atoms with Crippen molar-refractivity contribution in [3.8, 4) is 0 Å². The molecule has 0 aliphatic heterocycles. The zero-order valence-corrected chi connectivity index (χ0v) is 10.5. The van der Waals surface area contributed by atoms with Gasteiger partial charge >= 0.3 is 0 Å². The molecule has 96 valence electrons. The van der Waals surface area contributed by atoms with Gasteiger partial charge in [0.25, 0.3) is 0 Å². The lowest BCUT2D eigenvalue weighted by molar-refractivity contribution is -0.126. The van der Waals surface area contributed by atoms with Gasteiger partial charge in [-0.05, 0) is 18.9 Å². The van der Waals surface area contributed by atoms with Crippen LogP contribution in [0.25, 0.3) is 0 Å². The van der Waals surface area contributed by atoms with E-state index in [1.807, 2.05) is 49.4 Å². The molecule has 18 heavy (non-hydrogen) atoms. The quantitative estimate of drug-likeness (QED) is 0.798. The number of carbonyl (C=O) groups excluding carboxylic acids is 1. The number of aliphatic hydroxyl groups is 1. The number of benzene rings is 1. The number of amides is 1. The molecule has 0 saturated heterocycles. The van der Waals surface area contributed by atoms with E-state index in [9.17, 15) is 9.90 Å². The summed E-state index contributed by atoms with van der Waals surface area (Å²) in [5, 5.41) is 12.2. The Morgan fingerprint density at radius 2 is 2.17 bits per heavy atom. The molecule has 2 N–H and O–H groups in total. The Kier molecular flexibility index (Phi) is 4.15. The highest BCUT2D eigenvalue weighted by atomic mass is 16.3. The molecule has 1 aliphatic rings. The number of carbonyl (C=O) groups is 1. The molecule has 0 fully saturated rings. The number of allylic oxidation sites excluding steroid dienone is 1. The fourth-order valence-electron chi connectivity index (χ4n) is 2.34. The molecule has 0 spiro atoms. The molecule has 0 radical (unpaired) electrons. The van der Waals surface area contributed by atoms with E-state index in [2.05, 4.69) is 5.32 Å². The van der Waals surface area contributed by atoms with Gasteiger partial charge in [-0.25, -0.2) is 0 Å². The minimum atomic E-state index is -0.124. The van der Waals surface area contributed by atoms with Gasteiger partial charge in [0.05, 0.1) is 12.6 Å². The average Bonchev–Trinajstić information content (AvgIpc) is 2.88. The van der Waals surface area contributed by atoms with E-state index in [1.54, 1.807) is 0 Å². The van der Waals surface area contributed by atoms with E-state index < -0.39 is 0 Å². The fourth-order valence-corrected chi connectivity index (χ4v) is 2.34. The Labute approximate surface area is 108 Å². The molecule has 0 saturated carbocycles. The molecular formula is C15H19NO2. The topological polar surface area (TPSA) is 49.3 Å². The molecule has 0 heterocycles. The van der Waals surface area contributed by atoms with Gasteiger partial charge in [0.1, 0.15) is 0 Å². The number of rotatable bonds is 4. The molecular weight excluding hydrogens is 226 g/mol. The van der Waals surface area contributed by atoms with Crippen molar-refractivity contribution in [2.45, 2.75) is 19.4 Å². The minimum Gasteiger partial charge on any atom is -0.396 e. The maximum absolute atomic E-state index is 12.1. The third kappa shape index (κ3) is 2.79. The number of aliphatic hydroxyl groups excluding tert-OH is 1. The summed E-state index contributed by atoms with van der Waals surface area (Å²) in [5.74, 6) is -0.135. The predicted octanol–water partition coefficient (Wildman–Crippen LogP) is 2.05. The summed E-state index contributed by atoms with van der Waals surface area (Å²) in [6.45, 7) is 2.01. The van der Waals surface area contributed by atoms with Gasteiger partial charge in [-0.3, -0.25) is 4.79 Å². The molecule has 0 bridgehead atoms. The normalized spacial score (nSPS) is 23.9. The monoisotopic (exact) mass is 245 g/mol. The highest BCUT2D eigenvalue weighted by Gasteiger charge is 2.29. The third-order valence-electron chi connectivity index (χ3n) is 3.50. The molecule has 0 unspecified atom stereocenters. The first-order valence-electron chi connectivity index (χ1n) is 6.35. The van der Waals surface area contributed by atoms with Crippen molar-refractivity contribution in [3.05, 3.63) is 48.0 Å². The molecule has 1 aromatic carbocycles. The summed E-state index contributed by atoms with van der Waals surface area (Å²) >= 11 is 0. The van der Waals surface area contributed by atoms with Crippen LogP contribution in [-0.2, 0) is 4.79 Å². The maximum atomic E-state index is 12.1. The molecule has 1 aliphatic carbocycles. The van der Waals surface area contributed by atoms with E-state index >= 15 is 0 Å². The minimum absolute atomic E-state index is 0.00126. The van der Waals surface area contributed by atoms with Crippen LogP contribution in [0.4, 0.5) is 0 Å². The van der Waals surface area contributed by atoms with Gasteiger partial charge in [-0.2, -0.15) is 0 Å². The lowest BCUT2D eigenvalue weighted by atomic mass is 9.95. The number of hydrogen-bond donors (Lipinski definition) is 2. The summed E-state index contributed by atoms with van der Waals surface area (Å²) in [4.78, 5) is 12.1. The molecule has 3 heteroatoms. The van der Waals surface area contributed by atoms with Crippen molar-refractivity contribution in [2.24, 2.45) is 11.8 Å². The van der Waals surface area contributed by atoms with Crippen LogP contribution in [-0.4, -0.2) is 17.6 Å². The van der Waals surface area contributed by atoms with Crippen molar-refractivity contribution in [1.82, 2.24) is 5.32 Å². The first-order valence-corrected chi connectivity index (χ1v) is 6.35. The SMILES string of the molecule is C[C@@H](NC(=O)[C@H]1CC=C[C@H]1CO)c1ccccc1. The van der Waals surface area contributed by atoms with Crippen molar-refractivity contribution in [3.63, 3.8) is 0 Å². The van der Waals surface area contributed by atoms with Crippen LogP contribution in [0.5, 0.6) is 0 Å². The van der Waals surface area contributed by atoms with Crippen molar-refractivity contribution in [1.29, 1.82) is 0 Å². The second kappa shape index (κ2) is 5.83. The van der Waals surface area contributed by atoms with Gasteiger partial charge in [0.15, 0.2) is 0 Å². The van der Waals surface area contributed by atoms with Gasteiger partial charge in [0.2, 0.25) is 5.91 Å². The third-order valence-corrected chi connectivity index (χ3v) is 3.50. The van der Waals surface area contributed by atoms with E-state index in [0.29, 0.717) is 0 Å². The molecule has 2 rings (SSSR count). The Morgan fingerprint density at radius 1 is 1.44 bits per heavy atom. The second-order valence-corrected chi connectivity index (χ2v) is 4.76. The summed E-state index contributed by atoms with van der Waals surface area (Å²) in [6.07, 6.45) is 4.62. The van der Waals surface area contributed by atoms with Crippen LogP contribution in [0.1, 0.15) is 24.9 Å². The van der Waals surface area contributed by atoms with Crippen LogP contribution < -0.4 is 5.32 Å². The van der Waals surface area contributed by atoms with E-state index in [0.717, 1.165) is 12.0 Å². The highest BCUT2D eigenvalue weighted by Crippen LogP contribution is 2.25. The second-order valence-electron chi connectivity index (χ2n) is 4.76. The molecule has 0 aromatic heterocycles. The van der Waals surface area contributed by atoms with Crippen LogP contribution >= 0.6 is 0 Å². The van der Waals surface area contributed by atoms with E-state index in [1.165, 1.54) is 0 Å².